The number of hydrogen-bond donors (Lipinski definition) is 0. The van der Waals surface area contributed by atoms with Crippen LogP contribution in [0.15, 0.2) is 150 Å². The largest absolute Gasteiger partial charge is 0.456 e. The van der Waals surface area contributed by atoms with Gasteiger partial charge in [-0.15, -0.1) is 11.3 Å². The quantitative estimate of drug-likeness (QED) is 0.165. The average molecular weight is 852 g/mol. The van der Waals surface area contributed by atoms with Crippen LogP contribution in [0.1, 0.15) is 85.9 Å². The van der Waals surface area contributed by atoms with E-state index in [4.69, 9.17) is 4.42 Å². The van der Waals surface area contributed by atoms with Crippen molar-refractivity contribution in [2.75, 3.05) is 14.7 Å². The molecule has 0 saturated heterocycles. The van der Waals surface area contributed by atoms with Gasteiger partial charge >= 0.3 is 0 Å². The van der Waals surface area contributed by atoms with E-state index in [0.29, 0.717) is 0 Å². The summed E-state index contributed by atoms with van der Waals surface area (Å²) in [5.41, 5.74) is 18.0. The second-order valence-electron chi connectivity index (χ2n) is 21.4. The Hall–Kier alpha value is -6.24. The highest BCUT2D eigenvalue weighted by Gasteiger charge is 2.54. The minimum atomic E-state index is -0.211. The third kappa shape index (κ3) is 5.35. The third-order valence-electron chi connectivity index (χ3n) is 15.2. The first kappa shape index (κ1) is 39.4. The number of anilines is 8. The number of fused-ring (bicyclic) bond motifs is 11. The molecule has 0 atom stereocenters. The molecule has 0 N–H and O–H groups in total. The summed E-state index contributed by atoms with van der Waals surface area (Å²) >= 11 is 1.96. The molecule has 2 aromatic heterocycles. The van der Waals surface area contributed by atoms with Crippen LogP contribution in [0.4, 0.5) is 45.5 Å². The SMILES string of the molecule is CC(C)(C)c1ccc(N2c3cc4c(cc3B3c5sc6c(ccc7oc8ccccc8c76)c5N(c5ccc(C(C)(C)C)cc5)c5cccc2c53)C(C)(C)C(C)(C)N4c2ccccc2)cc1. The zero-order valence-electron chi connectivity index (χ0n) is 38.6. The van der Waals surface area contributed by atoms with E-state index < -0.39 is 0 Å². The molecule has 9 aromatic rings. The van der Waals surface area contributed by atoms with E-state index in [1.54, 1.807) is 0 Å². The standard InChI is InChI=1S/C58H54BN3OS/c1-55(2,3)35-23-27-37(28-24-35)60-44-20-16-21-45-51(44)59(43-33-42-46(34-47(43)60)62(39-17-12-11-13-18-39)58(9,10)57(42,7)8)54-52(61(45)38-29-25-36(26-30-38)56(4,5)6)41-31-32-49-50(53(41)64-54)40-19-14-15-22-48(40)63-49/h11-34H,1-10H3. The summed E-state index contributed by atoms with van der Waals surface area (Å²) in [4.78, 5) is 7.75. The first-order chi connectivity index (χ1) is 30.5. The molecule has 12 rings (SSSR count). The molecule has 6 heteroatoms. The highest BCUT2D eigenvalue weighted by molar-refractivity contribution is 7.34. The number of para-hydroxylation sites is 2. The fourth-order valence-electron chi connectivity index (χ4n) is 11.1. The summed E-state index contributed by atoms with van der Waals surface area (Å²) in [6.45, 7) is 23.5. The van der Waals surface area contributed by atoms with Gasteiger partial charge in [-0.1, -0.05) is 128 Å². The highest BCUT2D eigenvalue weighted by atomic mass is 32.1. The van der Waals surface area contributed by atoms with Crippen LogP contribution in [-0.2, 0) is 16.2 Å². The molecule has 4 nitrogen and oxygen atoms in total. The number of nitrogens with zero attached hydrogens (tertiary/aromatic N) is 3. The van der Waals surface area contributed by atoms with Crippen molar-refractivity contribution in [2.24, 2.45) is 0 Å². The van der Waals surface area contributed by atoms with Crippen molar-refractivity contribution in [1.82, 2.24) is 0 Å². The number of hydrogen-bond acceptors (Lipinski definition) is 5. The molecule has 0 aliphatic carbocycles. The molecule has 0 unspecified atom stereocenters. The lowest BCUT2D eigenvalue weighted by atomic mass is 9.36. The van der Waals surface area contributed by atoms with Gasteiger partial charge in [0.05, 0.1) is 5.69 Å². The lowest BCUT2D eigenvalue weighted by Gasteiger charge is -2.43. The summed E-state index contributed by atoms with van der Waals surface area (Å²) < 4.78 is 9.21. The van der Waals surface area contributed by atoms with Gasteiger partial charge in [-0.25, -0.2) is 0 Å². The highest BCUT2D eigenvalue weighted by Crippen LogP contribution is 2.57. The summed E-state index contributed by atoms with van der Waals surface area (Å²) in [5.74, 6) is 0. The first-order valence-electron chi connectivity index (χ1n) is 22.9. The van der Waals surface area contributed by atoms with Gasteiger partial charge in [-0.3, -0.25) is 0 Å². The van der Waals surface area contributed by atoms with E-state index in [2.05, 4.69) is 230 Å². The van der Waals surface area contributed by atoms with Gasteiger partial charge in [0.25, 0.3) is 6.71 Å². The molecular weight excluding hydrogens is 798 g/mol. The molecule has 3 aliphatic heterocycles. The number of thiophene rings is 1. The van der Waals surface area contributed by atoms with E-state index >= 15 is 0 Å². The molecule has 64 heavy (non-hydrogen) atoms. The minimum absolute atomic E-state index is 0.00741. The van der Waals surface area contributed by atoms with Crippen molar-refractivity contribution in [2.45, 2.75) is 91.0 Å². The predicted molar refractivity (Wildman–Crippen MR) is 276 cm³/mol. The van der Waals surface area contributed by atoms with Gasteiger partial charge < -0.3 is 19.1 Å². The predicted octanol–water partition coefficient (Wildman–Crippen LogP) is 14.7. The van der Waals surface area contributed by atoms with Crippen molar-refractivity contribution >= 4 is 111 Å². The van der Waals surface area contributed by atoms with Gasteiger partial charge in [0.15, 0.2) is 0 Å². The Morgan fingerprint density at radius 2 is 1.14 bits per heavy atom. The Labute approximate surface area is 381 Å². The Morgan fingerprint density at radius 3 is 1.80 bits per heavy atom. The maximum Gasteiger partial charge on any atom is 0.264 e. The van der Waals surface area contributed by atoms with Crippen LogP contribution in [0.5, 0.6) is 0 Å². The maximum atomic E-state index is 6.56. The lowest BCUT2D eigenvalue weighted by molar-refractivity contribution is 0.330. The van der Waals surface area contributed by atoms with Gasteiger partial charge in [0, 0.05) is 76.4 Å². The third-order valence-corrected chi connectivity index (χ3v) is 16.5. The van der Waals surface area contributed by atoms with Crippen LogP contribution >= 0.6 is 11.3 Å². The minimum Gasteiger partial charge on any atom is -0.456 e. The van der Waals surface area contributed by atoms with E-state index in [1.807, 2.05) is 11.3 Å². The van der Waals surface area contributed by atoms with Crippen LogP contribution in [0.3, 0.4) is 0 Å². The summed E-state index contributed by atoms with van der Waals surface area (Å²) in [6.07, 6.45) is 0. The van der Waals surface area contributed by atoms with Crippen molar-refractivity contribution in [3.8, 4) is 0 Å². The monoisotopic (exact) mass is 851 g/mol. The van der Waals surface area contributed by atoms with Gasteiger partial charge in [-0.05, 0) is 125 Å². The smallest absolute Gasteiger partial charge is 0.264 e. The Balaban J connectivity index is 1.20. The molecule has 0 amide bonds. The molecule has 316 valence electrons. The van der Waals surface area contributed by atoms with Crippen molar-refractivity contribution in [3.05, 3.63) is 162 Å². The number of furan rings is 1. The number of benzene rings is 7. The Bertz CT molecular complexity index is 3360. The maximum absolute atomic E-state index is 6.56. The summed E-state index contributed by atoms with van der Waals surface area (Å²) in [6, 6.07) is 54.9. The fraction of sp³-hybridized carbons (Fsp3) is 0.241. The molecular formula is C58H54BN3OS. The second kappa shape index (κ2) is 13.2. The molecule has 7 aromatic carbocycles. The van der Waals surface area contributed by atoms with E-state index in [1.165, 1.54) is 93.4 Å². The van der Waals surface area contributed by atoms with E-state index in [-0.39, 0.29) is 28.5 Å². The zero-order valence-corrected chi connectivity index (χ0v) is 39.4. The first-order valence-corrected chi connectivity index (χ1v) is 23.7. The van der Waals surface area contributed by atoms with Crippen LogP contribution in [0, 0.1) is 0 Å². The van der Waals surface area contributed by atoms with Crippen LogP contribution < -0.4 is 30.4 Å². The molecule has 0 fully saturated rings. The normalized spacial score (nSPS) is 16.1. The molecule has 3 aliphatic rings. The zero-order chi connectivity index (χ0) is 44.2. The van der Waals surface area contributed by atoms with E-state index in [9.17, 15) is 0 Å². The van der Waals surface area contributed by atoms with Crippen molar-refractivity contribution in [1.29, 1.82) is 0 Å². The molecule has 0 bridgehead atoms. The van der Waals surface area contributed by atoms with Crippen LogP contribution in [0.2, 0.25) is 0 Å². The number of rotatable bonds is 3. The van der Waals surface area contributed by atoms with Gasteiger partial charge in [0.2, 0.25) is 0 Å². The van der Waals surface area contributed by atoms with Gasteiger partial charge in [-0.2, -0.15) is 0 Å². The molecule has 5 heterocycles. The molecule has 0 radical (unpaired) electrons. The van der Waals surface area contributed by atoms with Gasteiger partial charge in [0.1, 0.15) is 11.2 Å². The lowest BCUT2D eigenvalue weighted by Crippen LogP contribution is -2.60. The molecule has 0 spiro atoms. The average Bonchev–Trinajstić information content (AvgIpc) is 3.89. The van der Waals surface area contributed by atoms with E-state index in [0.717, 1.165) is 16.6 Å². The Morgan fingerprint density at radius 1 is 0.531 bits per heavy atom. The van der Waals surface area contributed by atoms with Crippen LogP contribution in [-0.4, -0.2) is 12.3 Å². The van der Waals surface area contributed by atoms with Crippen LogP contribution in [0.25, 0.3) is 32.0 Å². The summed E-state index contributed by atoms with van der Waals surface area (Å²) in [5, 5.41) is 3.62. The Kier molecular flexibility index (Phi) is 8.10. The summed E-state index contributed by atoms with van der Waals surface area (Å²) in [7, 11) is 0. The van der Waals surface area contributed by atoms with Crippen molar-refractivity contribution in [3.63, 3.8) is 0 Å². The fourth-order valence-corrected chi connectivity index (χ4v) is 12.6. The van der Waals surface area contributed by atoms with Crippen molar-refractivity contribution < 1.29 is 4.42 Å². The topological polar surface area (TPSA) is 22.9 Å². The second-order valence-corrected chi connectivity index (χ2v) is 22.5. The molecule has 0 saturated carbocycles.